The van der Waals surface area contributed by atoms with E-state index in [-0.39, 0.29) is 0 Å². The molecule has 0 bridgehead atoms. The van der Waals surface area contributed by atoms with Crippen LogP contribution in [0.2, 0.25) is 5.15 Å². The smallest absolute Gasteiger partial charge is 0.171 e. The first-order valence-corrected chi connectivity index (χ1v) is 5.41. The number of aryl methyl sites for hydroxylation is 1. The second-order valence-corrected chi connectivity index (χ2v) is 3.76. The summed E-state index contributed by atoms with van der Waals surface area (Å²) in [5.74, 6) is 0.540. The van der Waals surface area contributed by atoms with Crippen molar-refractivity contribution in [3.8, 4) is 5.75 Å². The lowest BCUT2D eigenvalue weighted by molar-refractivity contribution is 0.413. The van der Waals surface area contributed by atoms with Gasteiger partial charge >= 0.3 is 0 Å². The third-order valence-corrected chi connectivity index (χ3v) is 2.49. The van der Waals surface area contributed by atoms with Gasteiger partial charge in [-0.3, -0.25) is 0 Å². The highest BCUT2D eigenvalue weighted by Gasteiger charge is 2.06. The van der Waals surface area contributed by atoms with Gasteiger partial charge in [0.2, 0.25) is 0 Å². The largest absolute Gasteiger partial charge is 0.493 e. The van der Waals surface area contributed by atoms with Gasteiger partial charge in [0, 0.05) is 19.7 Å². The fourth-order valence-electron chi connectivity index (χ4n) is 1.06. The number of aromatic nitrogens is 1. The highest BCUT2D eigenvalue weighted by Crippen LogP contribution is 2.29. The summed E-state index contributed by atoms with van der Waals surface area (Å²) < 4.78 is 5.09. The molecule has 0 saturated carbocycles. The lowest BCUT2D eigenvalue weighted by Gasteiger charge is -2.09. The lowest BCUT2D eigenvalue weighted by atomic mass is 10.3. The number of hydrogen-bond donors (Lipinski definition) is 0. The number of rotatable bonds is 4. The number of hydrogen-bond acceptors (Lipinski definition) is 3. The van der Waals surface area contributed by atoms with Crippen molar-refractivity contribution in [2.75, 3.05) is 20.7 Å². The van der Waals surface area contributed by atoms with Crippen molar-refractivity contribution in [2.45, 2.75) is 13.8 Å². The minimum atomic E-state index is 0.364. The van der Waals surface area contributed by atoms with Crippen molar-refractivity contribution in [3.63, 3.8) is 0 Å². The van der Waals surface area contributed by atoms with Crippen molar-refractivity contribution < 1.29 is 4.74 Å². The first kappa shape index (κ1) is 12.8. The van der Waals surface area contributed by atoms with Gasteiger partial charge in [-0.1, -0.05) is 11.6 Å². The Kier molecular flexibility index (Phi) is 4.55. The molecule has 0 aliphatic heterocycles. The molecule has 0 atom stereocenters. The normalized spacial score (nSPS) is 10.8. The molecule has 0 unspecified atom stereocenters. The average Bonchev–Trinajstić information content (AvgIpc) is 2.27. The standard InChI is InChI=1S/C11H16ClN3O/c1-5-15(3)7-13-9-6-10(16-4)11(12)14-8(9)2/h6-7H,5H2,1-4H3. The predicted molar refractivity (Wildman–Crippen MR) is 67.0 cm³/mol. The van der Waals surface area contributed by atoms with Crippen molar-refractivity contribution in [1.82, 2.24) is 9.88 Å². The third kappa shape index (κ3) is 3.10. The minimum absolute atomic E-state index is 0.364. The zero-order chi connectivity index (χ0) is 12.1. The number of pyridine rings is 1. The van der Waals surface area contributed by atoms with E-state index in [9.17, 15) is 0 Å². The Balaban J connectivity index is 3.00. The number of aliphatic imine (C=N–C) groups is 1. The Morgan fingerprint density at radius 3 is 2.88 bits per heavy atom. The monoisotopic (exact) mass is 241 g/mol. The van der Waals surface area contributed by atoms with E-state index in [1.807, 2.05) is 18.9 Å². The van der Waals surface area contributed by atoms with Crippen molar-refractivity contribution in [1.29, 1.82) is 0 Å². The summed E-state index contributed by atoms with van der Waals surface area (Å²) in [5.41, 5.74) is 1.55. The highest BCUT2D eigenvalue weighted by atomic mass is 35.5. The maximum Gasteiger partial charge on any atom is 0.171 e. The van der Waals surface area contributed by atoms with E-state index in [1.54, 1.807) is 19.5 Å². The predicted octanol–water partition coefficient (Wildman–Crippen LogP) is 2.66. The second kappa shape index (κ2) is 5.70. The molecule has 0 radical (unpaired) electrons. The number of methoxy groups -OCH3 is 1. The minimum Gasteiger partial charge on any atom is -0.493 e. The van der Waals surface area contributed by atoms with Crippen LogP contribution in [0.5, 0.6) is 5.75 Å². The van der Waals surface area contributed by atoms with Crippen molar-refractivity contribution in [2.24, 2.45) is 4.99 Å². The van der Waals surface area contributed by atoms with Gasteiger partial charge in [0.1, 0.15) is 0 Å². The molecule has 0 amide bonds. The molecule has 5 heteroatoms. The summed E-state index contributed by atoms with van der Waals surface area (Å²) in [6, 6.07) is 1.78. The Hall–Kier alpha value is -1.29. The summed E-state index contributed by atoms with van der Waals surface area (Å²) in [5, 5.41) is 0.364. The summed E-state index contributed by atoms with van der Waals surface area (Å²) in [7, 11) is 3.52. The maximum absolute atomic E-state index is 5.89. The molecule has 1 aromatic rings. The van der Waals surface area contributed by atoms with Crippen LogP contribution in [0, 0.1) is 6.92 Å². The van der Waals surface area contributed by atoms with Gasteiger partial charge in [0.25, 0.3) is 0 Å². The van der Waals surface area contributed by atoms with Crippen LogP contribution in [0.15, 0.2) is 11.1 Å². The van der Waals surface area contributed by atoms with Gasteiger partial charge in [0.15, 0.2) is 10.9 Å². The fraction of sp³-hybridized carbons (Fsp3) is 0.455. The SMILES string of the molecule is CCN(C)C=Nc1cc(OC)c(Cl)nc1C. The summed E-state index contributed by atoms with van der Waals surface area (Å²) in [6.45, 7) is 4.82. The van der Waals surface area contributed by atoms with Gasteiger partial charge in [0.05, 0.1) is 24.8 Å². The molecular formula is C11H16ClN3O. The van der Waals surface area contributed by atoms with Gasteiger partial charge in [-0.25, -0.2) is 9.98 Å². The molecule has 0 aliphatic rings. The van der Waals surface area contributed by atoms with Gasteiger partial charge in [-0.05, 0) is 13.8 Å². The molecule has 0 fully saturated rings. The zero-order valence-electron chi connectivity index (χ0n) is 9.99. The molecule has 16 heavy (non-hydrogen) atoms. The van der Waals surface area contributed by atoms with Crippen molar-refractivity contribution >= 4 is 23.6 Å². The summed E-state index contributed by atoms with van der Waals surface area (Å²) in [4.78, 5) is 10.5. The van der Waals surface area contributed by atoms with E-state index in [1.165, 1.54) is 0 Å². The molecule has 1 aromatic heterocycles. The van der Waals surface area contributed by atoms with Crippen LogP contribution in [-0.4, -0.2) is 36.9 Å². The van der Waals surface area contributed by atoms with Crippen LogP contribution in [-0.2, 0) is 0 Å². The van der Waals surface area contributed by atoms with Crippen LogP contribution in [0.4, 0.5) is 5.69 Å². The molecular weight excluding hydrogens is 226 g/mol. The van der Waals surface area contributed by atoms with E-state index in [0.29, 0.717) is 10.9 Å². The first-order chi connectivity index (χ1) is 7.58. The molecule has 4 nitrogen and oxygen atoms in total. The summed E-state index contributed by atoms with van der Waals surface area (Å²) in [6.07, 6.45) is 1.76. The van der Waals surface area contributed by atoms with Crippen LogP contribution in [0.25, 0.3) is 0 Å². The molecule has 1 rings (SSSR count). The van der Waals surface area contributed by atoms with E-state index in [2.05, 4.69) is 16.9 Å². The zero-order valence-corrected chi connectivity index (χ0v) is 10.7. The lowest BCUT2D eigenvalue weighted by Crippen LogP contribution is -2.14. The van der Waals surface area contributed by atoms with Crippen LogP contribution in [0.3, 0.4) is 0 Å². The van der Waals surface area contributed by atoms with Crippen LogP contribution in [0.1, 0.15) is 12.6 Å². The van der Waals surface area contributed by atoms with Gasteiger partial charge in [-0.2, -0.15) is 0 Å². The Morgan fingerprint density at radius 1 is 1.62 bits per heavy atom. The van der Waals surface area contributed by atoms with E-state index < -0.39 is 0 Å². The topological polar surface area (TPSA) is 37.7 Å². The van der Waals surface area contributed by atoms with Crippen LogP contribution < -0.4 is 4.74 Å². The number of halogens is 1. The number of ether oxygens (including phenoxy) is 1. The molecule has 0 saturated heterocycles. The second-order valence-electron chi connectivity index (χ2n) is 3.40. The van der Waals surface area contributed by atoms with Gasteiger partial charge in [-0.15, -0.1) is 0 Å². The number of nitrogens with zero attached hydrogens (tertiary/aromatic N) is 3. The van der Waals surface area contributed by atoms with Crippen molar-refractivity contribution in [3.05, 3.63) is 16.9 Å². The van der Waals surface area contributed by atoms with E-state index in [4.69, 9.17) is 16.3 Å². The Morgan fingerprint density at radius 2 is 2.31 bits per heavy atom. The van der Waals surface area contributed by atoms with Crippen LogP contribution >= 0.6 is 11.6 Å². The maximum atomic E-state index is 5.89. The fourth-order valence-corrected chi connectivity index (χ4v) is 1.32. The Labute approximate surface area is 101 Å². The van der Waals surface area contributed by atoms with E-state index >= 15 is 0 Å². The molecule has 1 heterocycles. The molecule has 0 N–H and O–H groups in total. The third-order valence-electron chi connectivity index (χ3n) is 2.22. The average molecular weight is 242 g/mol. The van der Waals surface area contributed by atoms with E-state index in [0.717, 1.165) is 17.9 Å². The molecule has 88 valence electrons. The Bertz CT molecular complexity index is 393. The quantitative estimate of drug-likeness (QED) is 0.462. The molecule has 0 aliphatic carbocycles. The van der Waals surface area contributed by atoms with Gasteiger partial charge < -0.3 is 9.64 Å². The summed E-state index contributed by atoms with van der Waals surface area (Å²) >= 11 is 5.89. The first-order valence-electron chi connectivity index (χ1n) is 5.04. The highest BCUT2D eigenvalue weighted by molar-refractivity contribution is 6.30. The molecule has 0 aromatic carbocycles. The molecule has 0 spiro atoms.